The number of hydrogen-bond acceptors (Lipinski definition) is 4. The van der Waals surface area contributed by atoms with Gasteiger partial charge in [0.25, 0.3) is 0 Å². The molecule has 0 atom stereocenters. The fourth-order valence-electron chi connectivity index (χ4n) is 2.47. The molecule has 0 amide bonds. The van der Waals surface area contributed by atoms with E-state index in [0.29, 0.717) is 36.3 Å². The predicted molar refractivity (Wildman–Crippen MR) is 75.3 cm³/mol. The summed E-state index contributed by atoms with van der Waals surface area (Å²) in [6, 6.07) is 1.88. The minimum atomic E-state index is -3.54. The summed E-state index contributed by atoms with van der Waals surface area (Å²) in [7, 11) is -4.44. The number of rotatable bonds is 4. The van der Waals surface area contributed by atoms with Gasteiger partial charge in [-0.1, -0.05) is 0 Å². The maximum atomic E-state index is 12.6. The van der Waals surface area contributed by atoms with Crippen LogP contribution < -0.4 is 0 Å². The summed E-state index contributed by atoms with van der Waals surface area (Å²) in [5.74, 6) is 0.796. The summed E-state index contributed by atoms with van der Waals surface area (Å²) in [4.78, 5) is 0.237. The van der Waals surface area contributed by atoms with Crippen LogP contribution in [0.15, 0.2) is 17.2 Å². The summed E-state index contributed by atoms with van der Waals surface area (Å²) in [6.07, 6.45) is 3.69. The predicted octanol–water partition coefficient (Wildman–Crippen LogP) is 0.0683. The maximum Gasteiger partial charge on any atom is 0.244 e. The van der Waals surface area contributed by atoms with Crippen LogP contribution in [0.2, 0.25) is 0 Å². The normalized spacial score (nSPS) is 22.2. The van der Waals surface area contributed by atoms with Gasteiger partial charge in [-0.3, -0.25) is 4.21 Å². The fraction of sp³-hybridized carbons (Fsp3) is 0.667. The third-order valence-corrected chi connectivity index (χ3v) is 6.92. The molecule has 1 saturated carbocycles. The van der Waals surface area contributed by atoms with Gasteiger partial charge in [-0.05, 0) is 18.9 Å². The first-order valence-corrected chi connectivity index (χ1v) is 9.62. The Labute approximate surface area is 120 Å². The van der Waals surface area contributed by atoms with E-state index in [1.54, 1.807) is 12.3 Å². The lowest BCUT2D eigenvalue weighted by Crippen LogP contribution is -2.41. The van der Waals surface area contributed by atoms with E-state index in [9.17, 15) is 17.7 Å². The fourth-order valence-corrected chi connectivity index (χ4v) is 5.24. The summed E-state index contributed by atoms with van der Waals surface area (Å²) in [5.41, 5.74) is 0.645. The van der Waals surface area contributed by atoms with Gasteiger partial charge in [0.1, 0.15) is 4.90 Å². The molecule has 1 aliphatic carbocycles. The van der Waals surface area contributed by atoms with Crippen molar-refractivity contribution >= 4 is 20.8 Å². The average molecular weight is 318 g/mol. The van der Waals surface area contributed by atoms with Gasteiger partial charge in [0.15, 0.2) is 0 Å². The lowest BCUT2D eigenvalue weighted by Gasteiger charge is -2.24. The molecule has 0 bridgehead atoms. The van der Waals surface area contributed by atoms with Crippen LogP contribution in [-0.4, -0.2) is 51.2 Å². The number of sulfonamides is 1. The number of aliphatic hydroxyl groups is 1. The number of hydrogen-bond donors (Lipinski definition) is 1. The highest BCUT2D eigenvalue weighted by Gasteiger charge is 2.32. The molecule has 20 heavy (non-hydrogen) atoms. The van der Waals surface area contributed by atoms with Crippen LogP contribution in [0.5, 0.6) is 0 Å². The second-order valence-corrected chi connectivity index (χ2v) is 8.85. The highest BCUT2D eigenvalue weighted by Crippen LogP contribution is 2.37. The van der Waals surface area contributed by atoms with E-state index in [1.165, 1.54) is 4.31 Å². The number of aliphatic hydroxyl groups excluding tert-OH is 1. The zero-order valence-corrected chi connectivity index (χ0v) is 12.7. The van der Waals surface area contributed by atoms with Crippen molar-refractivity contribution < 1.29 is 17.7 Å². The largest absolute Gasteiger partial charge is 0.390 e. The Bertz CT molecular complexity index is 624. The maximum absolute atomic E-state index is 12.6. The van der Waals surface area contributed by atoms with E-state index in [0.717, 1.165) is 12.8 Å². The summed E-state index contributed by atoms with van der Waals surface area (Å²) < 4.78 is 39.7. The van der Waals surface area contributed by atoms with Crippen LogP contribution in [0.3, 0.4) is 0 Å². The third-order valence-electron chi connectivity index (χ3n) is 3.78. The van der Waals surface area contributed by atoms with E-state index in [1.807, 2.05) is 4.57 Å². The Hall–Kier alpha value is -0.700. The quantitative estimate of drug-likeness (QED) is 0.852. The van der Waals surface area contributed by atoms with Crippen molar-refractivity contribution in [3.8, 4) is 0 Å². The topological polar surface area (TPSA) is 79.6 Å². The molecule has 1 aliphatic heterocycles. The van der Waals surface area contributed by atoms with Crippen LogP contribution >= 0.6 is 0 Å². The van der Waals surface area contributed by atoms with Crippen LogP contribution in [0.1, 0.15) is 24.6 Å². The second-order valence-electron chi connectivity index (χ2n) is 5.22. The molecule has 3 rings (SSSR count). The summed E-state index contributed by atoms with van der Waals surface area (Å²) >= 11 is 0. The highest BCUT2D eigenvalue weighted by molar-refractivity contribution is 7.89. The Morgan fingerprint density at radius 3 is 2.50 bits per heavy atom. The molecular weight excluding hydrogens is 300 g/mol. The standard InChI is InChI=1S/C12H18N2O4S2/c15-9-11-7-12(8-14(11)10-1-2-10)20(17,18)13-3-5-19(16)6-4-13/h7-8,10,15H,1-6,9H2. The monoisotopic (exact) mass is 318 g/mol. The Morgan fingerprint density at radius 2 is 1.95 bits per heavy atom. The molecule has 0 aromatic carbocycles. The SMILES string of the molecule is O=S1CCN(S(=O)(=O)c2cc(CO)n(C3CC3)c2)CC1. The van der Waals surface area contributed by atoms with Gasteiger partial charge in [-0.2, -0.15) is 4.31 Å². The Morgan fingerprint density at radius 1 is 1.30 bits per heavy atom. The molecule has 1 saturated heterocycles. The molecule has 1 N–H and O–H groups in total. The van der Waals surface area contributed by atoms with E-state index in [4.69, 9.17) is 0 Å². The van der Waals surface area contributed by atoms with Crippen molar-refractivity contribution in [2.75, 3.05) is 24.6 Å². The van der Waals surface area contributed by atoms with Crippen molar-refractivity contribution in [1.29, 1.82) is 0 Å². The molecule has 0 spiro atoms. The minimum Gasteiger partial charge on any atom is -0.390 e. The van der Waals surface area contributed by atoms with Gasteiger partial charge in [-0.25, -0.2) is 8.42 Å². The van der Waals surface area contributed by atoms with Crippen molar-refractivity contribution in [3.05, 3.63) is 18.0 Å². The molecule has 1 aromatic rings. The zero-order chi connectivity index (χ0) is 14.3. The average Bonchev–Trinajstić information content (AvgIpc) is 3.18. The van der Waals surface area contributed by atoms with Gasteiger partial charge in [-0.15, -0.1) is 0 Å². The Balaban J connectivity index is 1.89. The highest BCUT2D eigenvalue weighted by atomic mass is 32.2. The molecule has 2 aliphatic rings. The second kappa shape index (κ2) is 5.25. The Kier molecular flexibility index (Phi) is 3.74. The van der Waals surface area contributed by atoms with Gasteiger partial charge in [0.2, 0.25) is 10.0 Å². The van der Waals surface area contributed by atoms with Crippen molar-refractivity contribution in [3.63, 3.8) is 0 Å². The van der Waals surface area contributed by atoms with Crippen molar-refractivity contribution in [2.45, 2.75) is 30.4 Å². The minimum absolute atomic E-state index is 0.157. The molecule has 112 valence electrons. The van der Waals surface area contributed by atoms with E-state index >= 15 is 0 Å². The first kappa shape index (κ1) is 14.2. The lowest BCUT2D eigenvalue weighted by molar-refractivity contribution is 0.270. The van der Waals surface area contributed by atoms with Gasteiger partial charge < -0.3 is 9.67 Å². The number of aromatic nitrogens is 1. The van der Waals surface area contributed by atoms with Crippen molar-refractivity contribution in [1.82, 2.24) is 8.87 Å². The molecule has 2 fully saturated rings. The van der Waals surface area contributed by atoms with Gasteiger partial charge in [0.05, 0.1) is 6.61 Å². The smallest absolute Gasteiger partial charge is 0.244 e. The van der Waals surface area contributed by atoms with Gasteiger partial charge >= 0.3 is 0 Å². The molecule has 6 nitrogen and oxygen atoms in total. The van der Waals surface area contributed by atoms with Crippen LogP contribution in [0.4, 0.5) is 0 Å². The molecule has 2 heterocycles. The van der Waals surface area contributed by atoms with E-state index < -0.39 is 20.8 Å². The molecular formula is C12H18N2O4S2. The van der Waals surface area contributed by atoms with Crippen molar-refractivity contribution in [2.24, 2.45) is 0 Å². The summed E-state index contributed by atoms with van der Waals surface area (Å²) in [5, 5.41) is 9.35. The first-order valence-electron chi connectivity index (χ1n) is 6.69. The molecule has 0 radical (unpaired) electrons. The third kappa shape index (κ3) is 2.57. The molecule has 0 unspecified atom stereocenters. The van der Waals surface area contributed by atoms with Crippen LogP contribution in [0, 0.1) is 0 Å². The van der Waals surface area contributed by atoms with Gasteiger partial charge in [0, 0.05) is 53.3 Å². The zero-order valence-electron chi connectivity index (χ0n) is 11.1. The first-order chi connectivity index (χ1) is 9.52. The summed E-state index contributed by atoms with van der Waals surface area (Å²) in [6.45, 7) is 0.450. The van der Waals surface area contributed by atoms with E-state index in [2.05, 4.69) is 0 Å². The van der Waals surface area contributed by atoms with E-state index in [-0.39, 0.29) is 11.5 Å². The van der Waals surface area contributed by atoms with Crippen LogP contribution in [-0.2, 0) is 27.4 Å². The molecule has 8 heteroatoms. The van der Waals surface area contributed by atoms with Crippen LogP contribution in [0.25, 0.3) is 0 Å². The molecule has 1 aromatic heterocycles. The number of nitrogens with zero attached hydrogens (tertiary/aromatic N) is 2. The lowest BCUT2D eigenvalue weighted by atomic mass is 10.4.